The van der Waals surface area contributed by atoms with Gasteiger partial charge in [-0.3, -0.25) is 0 Å². The van der Waals surface area contributed by atoms with Crippen LogP contribution in [-0.2, 0) is 6.42 Å². The molecule has 0 bridgehead atoms. The Labute approximate surface area is 92.8 Å². The predicted octanol–water partition coefficient (Wildman–Crippen LogP) is 1.81. The third-order valence-corrected chi connectivity index (χ3v) is 3.19. The van der Waals surface area contributed by atoms with E-state index in [9.17, 15) is 0 Å². The minimum atomic E-state index is -0.0256. The van der Waals surface area contributed by atoms with Crippen LogP contribution in [0.1, 0.15) is 24.1 Å². The molecule has 1 aromatic carbocycles. The molecular weight excluding hydrogens is 275 g/mol. The highest BCUT2D eigenvalue weighted by Gasteiger charge is 2.05. The zero-order chi connectivity index (χ0) is 9.84. The van der Waals surface area contributed by atoms with Crippen molar-refractivity contribution in [2.75, 3.05) is 6.54 Å². The summed E-state index contributed by atoms with van der Waals surface area (Å²) in [5.41, 5.74) is 13.8. The molecule has 1 rings (SSSR count). The quantitative estimate of drug-likeness (QED) is 0.834. The Kier molecular flexibility index (Phi) is 4.15. The van der Waals surface area contributed by atoms with E-state index in [1.54, 1.807) is 0 Å². The molecule has 2 nitrogen and oxygen atoms in total. The van der Waals surface area contributed by atoms with Crippen molar-refractivity contribution in [2.45, 2.75) is 19.4 Å². The maximum absolute atomic E-state index is 5.84. The minimum Gasteiger partial charge on any atom is -0.329 e. The summed E-state index contributed by atoms with van der Waals surface area (Å²) in [6, 6.07) is 6.28. The van der Waals surface area contributed by atoms with Gasteiger partial charge in [0.1, 0.15) is 0 Å². The Morgan fingerprint density at radius 2 is 2.15 bits per heavy atom. The van der Waals surface area contributed by atoms with Crippen molar-refractivity contribution < 1.29 is 0 Å². The van der Waals surface area contributed by atoms with Crippen LogP contribution in [0.15, 0.2) is 18.2 Å². The number of hydrogen-bond acceptors (Lipinski definition) is 2. The highest BCUT2D eigenvalue weighted by molar-refractivity contribution is 14.1. The lowest BCUT2D eigenvalue weighted by molar-refractivity contribution is 0.735. The number of benzene rings is 1. The van der Waals surface area contributed by atoms with Gasteiger partial charge in [-0.1, -0.05) is 19.1 Å². The second-order valence-electron chi connectivity index (χ2n) is 3.05. The number of aryl methyl sites for hydroxylation is 1. The third-order valence-electron chi connectivity index (χ3n) is 2.13. The van der Waals surface area contributed by atoms with Gasteiger partial charge in [0.05, 0.1) is 0 Å². The average Bonchev–Trinajstić information content (AvgIpc) is 2.17. The molecule has 0 aliphatic carbocycles. The average molecular weight is 290 g/mol. The molecule has 4 N–H and O–H groups in total. The Morgan fingerprint density at radius 1 is 1.46 bits per heavy atom. The topological polar surface area (TPSA) is 52.0 Å². The lowest BCUT2D eigenvalue weighted by atomic mass is 10.0. The first-order valence-electron chi connectivity index (χ1n) is 4.43. The Morgan fingerprint density at radius 3 is 2.69 bits per heavy atom. The molecule has 13 heavy (non-hydrogen) atoms. The molecule has 0 aliphatic rings. The van der Waals surface area contributed by atoms with E-state index >= 15 is 0 Å². The molecule has 1 atom stereocenters. The first-order chi connectivity index (χ1) is 6.19. The molecule has 0 saturated heterocycles. The Bertz CT molecular complexity index is 286. The lowest BCUT2D eigenvalue weighted by Gasteiger charge is -2.11. The van der Waals surface area contributed by atoms with E-state index in [4.69, 9.17) is 11.5 Å². The fourth-order valence-electron chi connectivity index (χ4n) is 1.23. The summed E-state index contributed by atoms with van der Waals surface area (Å²) in [6.07, 6.45) is 1.05. The van der Waals surface area contributed by atoms with Crippen LogP contribution in [0.5, 0.6) is 0 Å². The van der Waals surface area contributed by atoms with Crippen molar-refractivity contribution in [3.05, 3.63) is 32.9 Å². The standard InChI is InChI=1S/C10H15IN2/c1-2-7-5-8(10(13)6-12)3-4-9(7)11/h3-5,10H,2,6,12-13H2,1H3/t10-/m1/s1. The van der Waals surface area contributed by atoms with E-state index in [1.807, 2.05) is 0 Å². The van der Waals surface area contributed by atoms with E-state index in [0.29, 0.717) is 6.54 Å². The molecule has 0 aromatic heterocycles. The summed E-state index contributed by atoms with van der Waals surface area (Å²) in [6.45, 7) is 2.65. The highest BCUT2D eigenvalue weighted by atomic mass is 127. The second-order valence-corrected chi connectivity index (χ2v) is 4.21. The molecule has 3 heteroatoms. The van der Waals surface area contributed by atoms with E-state index in [2.05, 4.69) is 47.7 Å². The van der Waals surface area contributed by atoms with E-state index in [-0.39, 0.29) is 6.04 Å². The van der Waals surface area contributed by atoms with Crippen LogP contribution in [0.3, 0.4) is 0 Å². The van der Waals surface area contributed by atoms with Gasteiger partial charge in [0.15, 0.2) is 0 Å². The maximum Gasteiger partial charge on any atom is 0.0419 e. The van der Waals surface area contributed by atoms with Crippen molar-refractivity contribution in [3.63, 3.8) is 0 Å². The van der Waals surface area contributed by atoms with Gasteiger partial charge in [-0.05, 0) is 46.2 Å². The molecule has 0 amide bonds. The van der Waals surface area contributed by atoms with Gasteiger partial charge in [-0.15, -0.1) is 0 Å². The van der Waals surface area contributed by atoms with Crippen LogP contribution in [-0.4, -0.2) is 6.54 Å². The van der Waals surface area contributed by atoms with Crippen molar-refractivity contribution >= 4 is 22.6 Å². The Balaban J connectivity index is 2.99. The summed E-state index contributed by atoms with van der Waals surface area (Å²) < 4.78 is 1.30. The fraction of sp³-hybridized carbons (Fsp3) is 0.400. The monoisotopic (exact) mass is 290 g/mol. The van der Waals surface area contributed by atoms with Crippen molar-refractivity contribution in [2.24, 2.45) is 11.5 Å². The van der Waals surface area contributed by atoms with E-state index < -0.39 is 0 Å². The van der Waals surface area contributed by atoms with Gasteiger partial charge in [0.2, 0.25) is 0 Å². The smallest absolute Gasteiger partial charge is 0.0419 e. The van der Waals surface area contributed by atoms with Crippen molar-refractivity contribution in [1.82, 2.24) is 0 Å². The fourth-order valence-corrected chi connectivity index (χ4v) is 1.95. The number of nitrogens with two attached hydrogens (primary N) is 2. The van der Waals surface area contributed by atoms with Crippen LogP contribution in [0.25, 0.3) is 0 Å². The molecule has 0 spiro atoms. The second kappa shape index (κ2) is 4.93. The largest absolute Gasteiger partial charge is 0.329 e. The SMILES string of the molecule is CCc1cc([C@H](N)CN)ccc1I. The van der Waals surface area contributed by atoms with E-state index in [1.165, 1.54) is 9.13 Å². The van der Waals surface area contributed by atoms with Crippen LogP contribution >= 0.6 is 22.6 Å². The third kappa shape index (κ3) is 2.65. The van der Waals surface area contributed by atoms with E-state index in [0.717, 1.165) is 12.0 Å². The summed E-state index contributed by atoms with van der Waals surface area (Å²) >= 11 is 2.34. The molecular formula is C10H15IN2. The van der Waals surface area contributed by atoms with Gasteiger partial charge in [0, 0.05) is 16.2 Å². The first-order valence-corrected chi connectivity index (χ1v) is 5.50. The highest BCUT2D eigenvalue weighted by Crippen LogP contribution is 2.18. The number of rotatable bonds is 3. The zero-order valence-corrected chi connectivity index (χ0v) is 9.91. The maximum atomic E-state index is 5.84. The summed E-state index contributed by atoms with van der Waals surface area (Å²) in [5, 5.41) is 0. The molecule has 0 saturated carbocycles. The van der Waals surface area contributed by atoms with Crippen LogP contribution < -0.4 is 11.5 Å². The van der Waals surface area contributed by atoms with Crippen LogP contribution in [0, 0.1) is 3.57 Å². The zero-order valence-electron chi connectivity index (χ0n) is 7.76. The molecule has 0 fully saturated rings. The molecule has 72 valence electrons. The van der Waals surface area contributed by atoms with Gasteiger partial charge >= 0.3 is 0 Å². The van der Waals surface area contributed by atoms with Crippen molar-refractivity contribution in [3.8, 4) is 0 Å². The molecule has 0 heterocycles. The molecule has 0 radical (unpaired) electrons. The van der Waals surface area contributed by atoms with Gasteiger partial charge < -0.3 is 11.5 Å². The number of hydrogen-bond donors (Lipinski definition) is 2. The van der Waals surface area contributed by atoms with Gasteiger partial charge in [-0.2, -0.15) is 0 Å². The van der Waals surface area contributed by atoms with Crippen molar-refractivity contribution in [1.29, 1.82) is 0 Å². The van der Waals surface area contributed by atoms with Gasteiger partial charge in [-0.25, -0.2) is 0 Å². The lowest BCUT2D eigenvalue weighted by Crippen LogP contribution is -2.20. The molecule has 0 unspecified atom stereocenters. The predicted molar refractivity (Wildman–Crippen MR) is 64.5 cm³/mol. The normalized spacial score (nSPS) is 12.9. The summed E-state index contributed by atoms with van der Waals surface area (Å²) in [4.78, 5) is 0. The number of halogens is 1. The molecule has 1 aromatic rings. The molecule has 0 aliphatic heterocycles. The summed E-state index contributed by atoms with van der Waals surface area (Å²) in [7, 11) is 0. The van der Waals surface area contributed by atoms with Crippen LogP contribution in [0.4, 0.5) is 0 Å². The van der Waals surface area contributed by atoms with Gasteiger partial charge in [0.25, 0.3) is 0 Å². The Hall–Kier alpha value is -0.130. The van der Waals surface area contributed by atoms with Crippen LogP contribution in [0.2, 0.25) is 0 Å². The summed E-state index contributed by atoms with van der Waals surface area (Å²) in [5.74, 6) is 0. The minimum absolute atomic E-state index is 0.0256. The first kappa shape index (κ1) is 10.9.